The number of rotatable bonds is 2. The van der Waals surface area contributed by atoms with Gasteiger partial charge >= 0.3 is 5.76 Å². The second-order valence-corrected chi connectivity index (χ2v) is 3.22. The number of carbonyl (C=O) groups excluding carboxylic acids is 2. The van der Waals surface area contributed by atoms with Gasteiger partial charge in [-0.15, -0.1) is 0 Å². The Labute approximate surface area is 89.5 Å². The van der Waals surface area contributed by atoms with Crippen LogP contribution in [0, 0.1) is 0 Å². The largest absolute Gasteiger partial charge is 0.419 e. The number of amides is 1. The molecule has 0 atom stereocenters. The molecule has 0 bridgehead atoms. The maximum atomic E-state index is 11.2. The first-order valence-corrected chi connectivity index (χ1v) is 4.47. The number of aromatic nitrogens is 1. The lowest BCUT2D eigenvalue weighted by Crippen LogP contribution is -2.12. The van der Waals surface area contributed by atoms with Crippen molar-refractivity contribution >= 4 is 29.0 Å². The third kappa shape index (κ3) is 1.60. The van der Waals surface area contributed by atoms with E-state index in [0.717, 1.165) is 0 Å². The summed E-state index contributed by atoms with van der Waals surface area (Å²) in [6.07, 6.45) is 0.179. The van der Waals surface area contributed by atoms with Gasteiger partial charge in [-0.05, 0) is 18.2 Å². The van der Waals surface area contributed by atoms with Crippen LogP contribution in [0.1, 0.15) is 0 Å². The van der Waals surface area contributed by atoms with Gasteiger partial charge in [-0.3, -0.25) is 14.2 Å². The van der Waals surface area contributed by atoms with Gasteiger partial charge in [-0.1, -0.05) is 0 Å². The number of aldehydes is 1. The Morgan fingerprint density at radius 2 is 2.25 bits per heavy atom. The normalized spacial score (nSPS) is 10.3. The lowest BCUT2D eigenvalue weighted by molar-refractivity contribution is -0.127. The zero-order chi connectivity index (χ0) is 11.7. The van der Waals surface area contributed by atoms with Crippen LogP contribution in [0.4, 0.5) is 5.69 Å². The highest BCUT2D eigenvalue weighted by atomic mass is 16.4. The monoisotopic (exact) mass is 220 g/mol. The first-order chi connectivity index (χ1) is 7.61. The van der Waals surface area contributed by atoms with Gasteiger partial charge in [-0.2, -0.15) is 0 Å². The Bertz CT molecular complexity index is 623. The quantitative estimate of drug-likeness (QED) is 0.581. The van der Waals surface area contributed by atoms with Crippen molar-refractivity contribution in [1.29, 1.82) is 0 Å². The molecule has 0 saturated carbocycles. The molecule has 6 heteroatoms. The van der Waals surface area contributed by atoms with Crippen molar-refractivity contribution in [2.75, 3.05) is 5.32 Å². The van der Waals surface area contributed by atoms with Crippen LogP contribution in [0.5, 0.6) is 0 Å². The number of nitrogens with zero attached hydrogens (tertiary/aromatic N) is 1. The average molecular weight is 220 g/mol. The molecule has 2 rings (SSSR count). The second kappa shape index (κ2) is 3.65. The molecule has 0 saturated heterocycles. The summed E-state index contributed by atoms with van der Waals surface area (Å²) < 4.78 is 6.22. The molecule has 1 aromatic heterocycles. The van der Waals surface area contributed by atoms with Crippen molar-refractivity contribution < 1.29 is 14.0 Å². The number of anilines is 1. The summed E-state index contributed by atoms with van der Waals surface area (Å²) in [5.41, 5.74) is 1.41. The molecule has 0 spiro atoms. The van der Waals surface area contributed by atoms with Gasteiger partial charge < -0.3 is 9.73 Å². The zero-order valence-corrected chi connectivity index (χ0v) is 8.39. The van der Waals surface area contributed by atoms with Crippen LogP contribution < -0.4 is 11.1 Å². The smallest absolute Gasteiger partial charge is 0.408 e. The van der Waals surface area contributed by atoms with Crippen LogP contribution in [-0.2, 0) is 16.6 Å². The SMILES string of the molecule is Cn1c(=O)oc2ccc(NC(=O)C=O)cc21. The molecule has 0 unspecified atom stereocenters. The van der Waals surface area contributed by atoms with E-state index in [0.29, 0.717) is 16.8 Å². The highest BCUT2D eigenvalue weighted by Crippen LogP contribution is 2.17. The van der Waals surface area contributed by atoms with E-state index >= 15 is 0 Å². The molecule has 1 N–H and O–H groups in total. The average Bonchev–Trinajstić information content (AvgIpc) is 2.55. The first kappa shape index (κ1) is 10.2. The van der Waals surface area contributed by atoms with Gasteiger partial charge in [0.25, 0.3) is 5.91 Å². The van der Waals surface area contributed by atoms with Crippen LogP contribution in [0.3, 0.4) is 0 Å². The van der Waals surface area contributed by atoms with Crippen molar-refractivity contribution in [2.24, 2.45) is 7.05 Å². The molecule has 1 heterocycles. The van der Waals surface area contributed by atoms with Gasteiger partial charge in [0, 0.05) is 12.7 Å². The summed E-state index contributed by atoms with van der Waals surface area (Å²) in [4.78, 5) is 32.2. The predicted octanol–water partition coefficient (Wildman–Crippen LogP) is 0.269. The number of hydrogen-bond acceptors (Lipinski definition) is 4. The molecule has 6 nitrogen and oxygen atoms in total. The van der Waals surface area contributed by atoms with Crippen molar-refractivity contribution in [1.82, 2.24) is 4.57 Å². The summed E-state index contributed by atoms with van der Waals surface area (Å²) in [5.74, 6) is -1.22. The molecule has 82 valence electrons. The molecule has 0 radical (unpaired) electrons. The number of fused-ring (bicyclic) bond motifs is 1. The van der Waals surface area contributed by atoms with E-state index in [1.165, 1.54) is 4.57 Å². The van der Waals surface area contributed by atoms with Gasteiger partial charge in [0.05, 0.1) is 5.52 Å². The molecule has 1 amide bonds. The first-order valence-electron chi connectivity index (χ1n) is 4.47. The Balaban J connectivity index is 2.50. The summed E-state index contributed by atoms with van der Waals surface area (Å²) in [5, 5.41) is 2.36. The van der Waals surface area contributed by atoms with Gasteiger partial charge in [-0.25, -0.2) is 4.79 Å². The van der Waals surface area contributed by atoms with Crippen LogP contribution in [0.15, 0.2) is 27.4 Å². The minimum Gasteiger partial charge on any atom is -0.408 e. The lowest BCUT2D eigenvalue weighted by atomic mass is 10.3. The van der Waals surface area contributed by atoms with E-state index < -0.39 is 11.7 Å². The third-order valence-corrected chi connectivity index (χ3v) is 2.17. The summed E-state index contributed by atoms with van der Waals surface area (Å²) in [7, 11) is 1.56. The number of nitrogens with one attached hydrogen (secondary N) is 1. The van der Waals surface area contributed by atoms with E-state index in [2.05, 4.69) is 5.32 Å². The molecule has 1 aromatic carbocycles. The Kier molecular flexibility index (Phi) is 2.32. The minimum absolute atomic E-state index is 0.179. The van der Waals surface area contributed by atoms with Crippen molar-refractivity contribution in [2.45, 2.75) is 0 Å². The van der Waals surface area contributed by atoms with Crippen LogP contribution in [0.2, 0.25) is 0 Å². The number of hydrogen-bond donors (Lipinski definition) is 1. The fourth-order valence-corrected chi connectivity index (χ4v) is 1.38. The number of carbonyl (C=O) groups is 2. The topological polar surface area (TPSA) is 81.3 Å². The van der Waals surface area contributed by atoms with E-state index in [4.69, 9.17) is 4.42 Å². The van der Waals surface area contributed by atoms with E-state index in [-0.39, 0.29) is 6.29 Å². The van der Waals surface area contributed by atoms with E-state index in [9.17, 15) is 14.4 Å². The molecule has 2 aromatic rings. The Hall–Kier alpha value is -2.37. The highest BCUT2D eigenvalue weighted by molar-refractivity contribution is 6.29. The fourth-order valence-electron chi connectivity index (χ4n) is 1.38. The standard InChI is InChI=1S/C10H8N2O4/c1-12-7-4-6(11-9(14)5-13)2-3-8(7)16-10(12)15/h2-5H,1H3,(H,11,14). The second-order valence-electron chi connectivity index (χ2n) is 3.22. The molecule has 0 aliphatic rings. The number of aryl methyl sites for hydroxylation is 1. The molecule has 0 fully saturated rings. The van der Waals surface area contributed by atoms with E-state index in [1.54, 1.807) is 25.2 Å². The maximum Gasteiger partial charge on any atom is 0.419 e. The fraction of sp³-hybridized carbons (Fsp3) is 0.100. The molecule has 0 aliphatic heterocycles. The Morgan fingerprint density at radius 3 is 2.94 bits per heavy atom. The molecule has 16 heavy (non-hydrogen) atoms. The van der Waals surface area contributed by atoms with Crippen LogP contribution >= 0.6 is 0 Å². The van der Waals surface area contributed by atoms with Gasteiger partial charge in [0.2, 0.25) is 6.29 Å². The van der Waals surface area contributed by atoms with Crippen LogP contribution in [0.25, 0.3) is 11.1 Å². The Morgan fingerprint density at radius 1 is 1.50 bits per heavy atom. The van der Waals surface area contributed by atoms with Crippen molar-refractivity contribution in [3.63, 3.8) is 0 Å². The summed E-state index contributed by atoms with van der Waals surface area (Å²) >= 11 is 0. The molecule has 0 aliphatic carbocycles. The number of benzene rings is 1. The highest BCUT2D eigenvalue weighted by Gasteiger charge is 2.07. The molecular weight excluding hydrogens is 212 g/mol. The van der Waals surface area contributed by atoms with Crippen LogP contribution in [-0.4, -0.2) is 16.8 Å². The number of oxazole rings is 1. The van der Waals surface area contributed by atoms with Crippen molar-refractivity contribution in [3.05, 3.63) is 28.7 Å². The third-order valence-electron chi connectivity index (χ3n) is 2.17. The molecular formula is C10H8N2O4. The van der Waals surface area contributed by atoms with Gasteiger partial charge in [0.1, 0.15) is 0 Å². The van der Waals surface area contributed by atoms with E-state index in [1.807, 2.05) is 0 Å². The maximum absolute atomic E-state index is 11.2. The van der Waals surface area contributed by atoms with Crippen molar-refractivity contribution in [3.8, 4) is 0 Å². The van der Waals surface area contributed by atoms with Gasteiger partial charge in [0.15, 0.2) is 5.58 Å². The lowest BCUT2D eigenvalue weighted by Gasteiger charge is -2.00. The summed E-state index contributed by atoms with van der Waals surface area (Å²) in [6, 6.07) is 4.66. The predicted molar refractivity (Wildman–Crippen MR) is 56.1 cm³/mol. The zero-order valence-electron chi connectivity index (χ0n) is 8.39. The summed E-state index contributed by atoms with van der Waals surface area (Å²) in [6.45, 7) is 0. The minimum atomic E-state index is -0.743.